The predicted octanol–water partition coefficient (Wildman–Crippen LogP) is 2.75. The zero-order valence-electron chi connectivity index (χ0n) is 18.0. The summed E-state index contributed by atoms with van der Waals surface area (Å²) < 4.78 is 53.2. The van der Waals surface area contributed by atoms with E-state index in [0.717, 1.165) is 37.4 Å². The number of halogens is 3. The lowest BCUT2D eigenvalue weighted by atomic mass is 10.0. The highest BCUT2D eigenvalue weighted by atomic mass is 19.4. The second-order valence-corrected chi connectivity index (χ2v) is 7.26. The van der Waals surface area contributed by atoms with Crippen molar-refractivity contribution in [3.8, 4) is 5.75 Å². The first-order chi connectivity index (χ1) is 16.0. The molecule has 0 saturated carbocycles. The van der Waals surface area contributed by atoms with Crippen molar-refractivity contribution in [1.29, 1.82) is 0 Å². The number of aliphatic hydroxyl groups is 1. The van der Waals surface area contributed by atoms with Crippen molar-refractivity contribution in [2.75, 3.05) is 14.2 Å². The van der Waals surface area contributed by atoms with E-state index in [0.29, 0.717) is 16.7 Å². The standard InChI is InChI=1S/C23H20F3NO7/c1-32-15-7-8-16-13(10-19(28)34-18(16)11-15)9-17(22(31)33-2)27-21(30)20(29)12-3-5-14(6-4-12)23(24,25)26/h3-8,10-11,17,20,29H,9H2,1-2H3,(H,27,30)/t17-,20+/m1/s1. The van der Waals surface area contributed by atoms with Gasteiger partial charge in [0, 0.05) is 23.9 Å². The van der Waals surface area contributed by atoms with Gasteiger partial charge in [-0.25, -0.2) is 9.59 Å². The molecular weight excluding hydrogens is 459 g/mol. The smallest absolute Gasteiger partial charge is 0.416 e. The van der Waals surface area contributed by atoms with Crippen LogP contribution in [-0.2, 0) is 26.9 Å². The van der Waals surface area contributed by atoms with E-state index in [9.17, 15) is 32.7 Å². The summed E-state index contributed by atoms with van der Waals surface area (Å²) >= 11 is 0. The SMILES string of the molecule is COC(=O)[C@@H](Cc1cc(=O)oc2cc(OC)ccc12)NC(=O)[C@@H](O)c1ccc(C(F)(F)F)cc1. The molecule has 1 heterocycles. The van der Waals surface area contributed by atoms with Crippen LogP contribution in [0.1, 0.15) is 22.8 Å². The molecule has 2 N–H and O–H groups in total. The highest BCUT2D eigenvalue weighted by Crippen LogP contribution is 2.30. The maximum Gasteiger partial charge on any atom is 0.416 e. The third-order valence-corrected chi connectivity index (χ3v) is 5.07. The summed E-state index contributed by atoms with van der Waals surface area (Å²) in [6, 6.07) is 7.94. The molecule has 0 unspecified atom stereocenters. The summed E-state index contributed by atoms with van der Waals surface area (Å²) in [5.41, 5.74) is -1.19. The van der Waals surface area contributed by atoms with Gasteiger partial charge >= 0.3 is 17.8 Å². The zero-order valence-corrected chi connectivity index (χ0v) is 18.0. The summed E-state index contributed by atoms with van der Waals surface area (Å²) in [4.78, 5) is 36.9. The number of fused-ring (bicyclic) bond motifs is 1. The van der Waals surface area contributed by atoms with Crippen LogP contribution in [0.25, 0.3) is 11.0 Å². The number of aliphatic hydroxyl groups excluding tert-OH is 1. The first-order valence-electron chi connectivity index (χ1n) is 9.87. The van der Waals surface area contributed by atoms with E-state index >= 15 is 0 Å². The molecule has 0 aliphatic carbocycles. The van der Waals surface area contributed by atoms with Gasteiger partial charge < -0.3 is 24.3 Å². The van der Waals surface area contributed by atoms with Gasteiger partial charge in [-0.1, -0.05) is 12.1 Å². The summed E-state index contributed by atoms with van der Waals surface area (Å²) in [5.74, 6) is -1.46. The number of alkyl halides is 3. The van der Waals surface area contributed by atoms with Gasteiger partial charge in [-0.2, -0.15) is 13.2 Å². The second-order valence-electron chi connectivity index (χ2n) is 7.26. The van der Waals surface area contributed by atoms with Crippen LogP contribution in [0, 0.1) is 0 Å². The fraction of sp³-hybridized carbons (Fsp3) is 0.261. The molecule has 1 amide bonds. The maximum atomic E-state index is 12.7. The van der Waals surface area contributed by atoms with Crippen LogP contribution < -0.4 is 15.7 Å². The Kier molecular flexibility index (Phi) is 7.26. The van der Waals surface area contributed by atoms with Crippen LogP contribution in [0.5, 0.6) is 5.75 Å². The van der Waals surface area contributed by atoms with Gasteiger partial charge in [-0.05, 0) is 35.4 Å². The molecule has 2 atom stereocenters. The molecule has 8 nitrogen and oxygen atoms in total. The summed E-state index contributed by atoms with van der Waals surface area (Å²) in [5, 5.41) is 13.1. The normalized spacial score (nSPS) is 13.2. The topological polar surface area (TPSA) is 115 Å². The monoisotopic (exact) mass is 479 g/mol. The van der Waals surface area contributed by atoms with Gasteiger partial charge in [-0.3, -0.25) is 4.79 Å². The molecule has 34 heavy (non-hydrogen) atoms. The zero-order chi connectivity index (χ0) is 25.0. The Morgan fingerprint density at radius 3 is 2.35 bits per heavy atom. The minimum Gasteiger partial charge on any atom is -0.497 e. The lowest BCUT2D eigenvalue weighted by Crippen LogP contribution is -2.45. The summed E-state index contributed by atoms with van der Waals surface area (Å²) in [6.45, 7) is 0. The van der Waals surface area contributed by atoms with E-state index in [2.05, 4.69) is 5.32 Å². The number of carbonyl (C=O) groups excluding carboxylic acids is 2. The second kappa shape index (κ2) is 9.96. The van der Waals surface area contributed by atoms with Crippen LogP contribution in [-0.4, -0.2) is 37.2 Å². The Balaban J connectivity index is 1.85. The van der Waals surface area contributed by atoms with Crippen molar-refractivity contribution in [3.63, 3.8) is 0 Å². The van der Waals surface area contributed by atoms with Crippen LogP contribution in [0.3, 0.4) is 0 Å². The van der Waals surface area contributed by atoms with Crippen molar-refractivity contribution >= 4 is 22.8 Å². The van der Waals surface area contributed by atoms with Crippen LogP contribution in [0.2, 0.25) is 0 Å². The number of ether oxygens (including phenoxy) is 2. The molecule has 0 fully saturated rings. The summed E-state index contributed by atoms with van der Waals surface area (Å²) in [6.07, 6.45) is -6.61. The molecule has 180 valence electrons. The molecule has 0 bridgehead atoms. The third kappa shape index (κ3) is 5.54. The minimum atomic E-state index is -4.57. The van der Waals surface area contributed by atoms with Crippen LogP contribution >= 0.6 is 0 Å². The maximum absolute atomic E-state index is 12.7. The fourth-order valence-corrected chi connectivity index (χ4v) is 3.32. The molecular formula is C23H20F3NO7. The largest absolute Gasteiger partial charge is 0.497 e. The highest BCUT2D eigenvalue weighted by Gasteiger charge is 2.31. The lowest BCUT2D eigenvalue weighted by molar-refractivity contribution is -0.146. The Hall–Kier alpha value is -3.86. The van der Waals surface area contributed by atoms with Crippen LogP contribution in [0.15, 0.2) is 57.7 Å². The highest BCUT2D eigenvalue weighted by molar-refractivity contribution is 5.88. The van der Waals surface area contributed by atoms with E-state index in [4.69, 9.17) is 13.9 Å². The van der Waals surface area contributed by atoms with E-state index in [1.165, 1.54) is 13.2 Å². The Morgan fingerprint density at radius 2 is 1.76 bits per heavy atom. The van der Waals surface area contributed by atoms with Gasteiger partial charge in [0.2, 0.25) is 0 Å². The number of hydrogen-bond donors (Lipinski definition) is 2. The van der Waals surface area contributed by atoms with Gasteiger partial charge in [0.25, 0.3) is 5.91 Å². The third-order valence-electron chi connectivity index (χ3n) is 5.07. The number of amides is 1. The van der Waals surface area contributed by atoms with Gasteiger partial charge in [0.1, 0.15) is 17.4 Å². The number of benzene rings is 2. The van der Waals surface area contributed by atoms with Crippen LogP contribution in [0.4, 0.5) is 13.2 Å². The van der Waals surface area contributed by atoms with E-state index in [-0.39, 0.29) is 17.6 Å². The van der Waals surface area contributed by atoms with E-state index < -0.39 is 41.4 Å². The van der Waals surface area contributed by atoms with E-state index in [1.807, 2.05) is 0 Å². The fourth-order valence-electron chi connectivity index (χ4n) is 3.32. The summed E-state index contributed by atoms with van der Waals surface area (Å²) in [7, 11) is 2.53. The molecule has 1 aromatic heterocycles. The molecule has 0 spiro atoms. The number of esters is 1. The number of carbonyl (C=O) groups is 2. The Bertz CT molecular complexity index is 1250. The number of rotatable bonds is 7. The average molecular weight is 479 g/mol. The molecule has 0 radical (unpaired) electrons. The molecule has 11 heteroatoms. The lowest BCUT2D eigenvalue weighted by Gasteiger charge is -2.20. The van der Waals surface area contributed by atoms with Crippen molar-refractivity contribution in [1.82, 2.24) is 5.32 Å². The average Bonchev–Trinajstić information content (AvgIpc) is 2.81. The molecule has 0 aliphatic rings. The van der Waals surface area contributed by atoms with E-state index in [1.54, 1.807) is 12.1 Å². The molecule has 0 saturated heterocycles. The number of nitrogens with one attached hydrogen (secondary N) is 1. The molecule has 0 aliphatic heterocycles. The quantitative estimate of drug-likeness (QED) is 0.396. The van der Waals surface area contributed by atoms with Crippen molar-refractivity contribution in [2.45, 2.75) is 24.7 Å². The first-order valence-corrected chi connectivity index (χ1v) is 9.87. The first kappa shape index (κ1) is 24.8. The van der Waals surface area contributed by atoms with Gasteiger partial charge in [0.05, 0.1) is 19.8 Å². The Morgan fingerprint density at radius 1 is 1.09 bits per heavy atom. The molecule has 2 aromatic carbocycles. The van der Waals surface area contributed by atoms with Crippen molar-refractivity contribution in [2.24, 2.45) is 0 Å². The van der Waals surface area contributed by atoms with Crippen molar-refractivity contribution < 1.29 is 41.8 Å². The number of methoxy groups -OCH3 is 2. The minimum absolute atomic E-state index is 0.105. The van der Waals surface area contributed by atoms with Gasteiger partial charge in [0.15, 0.2) is 6.10 Å². The van der Waals surface area contributed by atoms with Crippen molar-refractivity contribution in [3.05, 3.63) is 75.6 Å². The molecule has 3 rings (SSSR count). The Labute approximate surface area is 190 Å². The number of hydrogen-bond acceptors (Lipinski definition) is 7. The predicted molar refractivity (Wildman–Crippen MR) is 113 cm³/mol. The molecule has 3 aromatic rings. The van der Waals surface area contributed by atoms with Gasteiger partial charge in [-0.15, -0.1) is 0 Å².